The van der Waals surface area contributed by atoms with Gasteiger partial charge < -0.3 is 5.32 Å². The summed E-state index contributed by atoms with van der Waals surface area (Å²) in [6.45, 7) is 3.17. The van der Waals surface area contributed by atoms with Crippen LogP contribution in [0.4, 0.5) is 0 Å². The van der Waals surface area contributed by atoms with Crippen LogP contribution in [-0.2, 0) is 17.3 Å². The van der Waals surface area contributed by atoms with Gasteiger partial charge >= 0.3 is 0 Å². The van der Waals surface area contributed by atoms with E-state index in [-0.39, 0.29) is 0 Å². The fourth-order valence-electron chi connectivity index (χ4n) is 3.02. The molecule has 3 rings (SSSR count). The molecule has 1 saturated carbocycles. The molecule has 0 aliphatic heterocycles. The molecule has 0 unspecified atom stereocenters. The van der Waals surface area contributed by atoms with Gasteiger partial charge in [0.25, 0.3) is 0 Å². The van der Waals surface area contributed by atoms with E-state index in [9.17, 15) is 4.21 Å². The number of hydrogen-bond donors (Lipinski definition) is 1. The Morgan fingerprint density at radius 2 is 1.77 bits per heavy atom. The lowest BCUT2D eigenvalue weighted by Crippen LogP contribution is -2.23. The molecule has 116 valence electrons. The van der Waals surface area contributed by atoms with Crippen molar-refractivity contribution >= 4 is 10.8 Å². The highest BCUT2D eigenvalue weighted by atomic mass is 32.2. The van der Waals surface area contributed by atoms with Crippen molar-refractivity contribution in [3.05, 3.63) is 65.7 Å². The van der Waals surface area contributed by atoms with Gasteiger partial charge in [-0.25, -0.2) is 0 Å². The maximum Gasteiger partial charge on any atom is 0.0498 e. The second-order valence-corrected chi connectivity index (χ2v) is 7.62. The second kappa shape index (κ2) is 6.76. The summed E-state index contributed by atoms with van der Waals surface area (Å²) in [5, 5.41) is 3.72. The molecule has 4 atom stereocenters. The minimum absolute atomic E-state index is 0.427. The number of hydrogen-bond acceptors (Lipinski definition) is 2. The third-order valence-corrected chi connectivity index (χ3v) is 5.48. The van der Waals surface area contributed by atoms with Crippen LogP contribution in [-0.4, -0.2) is 10.5 Å². The first-order valence-electron chi connectivity index (χ1n) is 7.86. The van der Waals surface area contributed by atoms with Crippen molar-refractivity contribution in [2.24, 2.45) is 11.8 Å². The summed E-state index contributed by atoms with van der Waals surface area (Å²) in [6.07, 6.45) is 3.02. The lowest BCUT2D eigenvalue weighted by atomic mass is 10.0. The first-order valence-corrected chi connectivity index (χ1v) is 9.41. The van der Waals surface area contributed by atoms with Crippen molar-refractivity contribution in [3.63, 3.8) is 0 Å². The first-order chi connectivity index (χ1) is 10.6. The van der Waals surface area contributed by atoms with E-state index >= 15 is 0 Å². The summed E-state index contributed by atoms with van der Waals surface area (Å²) in [5.74, 6) is 1.55. The van der Waals surface area contributed by atoms with Crippen LogP contribution in [0, 0.1) is 11.8 Å². The van der Waals surface area contributed by atoms with Crippen LogP contribution in [0.5, 0.6) is 0 Å². The number of nitrogens with one attached hydrogen (secondary N) is 1. The highest BCUT2D eigenvalue weighted by molar-refractivity contribution is 7.84. The molecule has 0 radical (unpaired) electrons. The summed E-state index contributed by atoms with van der Waals surface area (Å²) >= 11 is 0. The third-order valence-electron chi connectivity index (χ3n) is 4.54. The molecule has 1 N–H and O–H groups in total. The van der Waals surface area contributed by atoms with Gasteiger partial charge in [0.05, 0.1) is 0 Å². The van der Waals surface area contributed by atoms with Crippen molar-refractivity contribution in [3.8, 4) is 0 Å². The van der Waals surface area contributed by atoms with Gasteiger partial charge in [-0.2, -0.15) is 0 Å². The predicted molar refractivity (Wildman–Crippen MR) is 92.1 cm³/mol. The minimum Gasteiger partial charge on any atom is -0.306 e. The van der Waals surface area contributed by atoms with Gasteiger partial charge in [-0.15, -0.1) is 0 Å². The molecule has 0 aromatic heterocycles. The quantitative estimate of drug-likeness (QED) is 0.876. The van der Waals surface area contributed by atoms with E-state index in [0.717, 1.165) is 23.3 Å². The molecular weight excluding hydrogens is 290 g/mol. The minimum atomic E-state index is -0.902. The van der Waals surface area contributed by atoms with Crippen LogP contribution in [0.1, 0.15) is 30.5 Å². The fourth-order valence-corrected chi connectivity index (χ4v) is 3.54. The number of benzene rings is 2. The molecule has 22 heavy (non-hydrogen) atoms. The molecular formula is C19H23NOS. The van der Waals surface area contributed by atoms with E-state index < -0.39 is 10.8 Å². The van der Waals surface area contributed by atoms with Crippen LogP contribution >= 0.6 is 0 Å². The molecule has 2 aromatic rings. The molecule has 0 amide bonds. The van der Waals surface area contributed by atoms with Gasteiger partial charge in [-0.05, 0) is 41.5 Å². The van der Waals surface area contributed by atoms with Gasteiger partial charge in [-0.3, -0.25) is 4.21 Å². The molecule has 2 nitrogen and oxygen atoms in total. The van der Waals surface area contributed by atoms with Crippen molar-refractivity contribution < 1.29 is 4.21 Å². The Hall–Kier alpha value is -1.45. The smallest absolute Gasteiger partial charge is 0.0498 e. The highest BCUT2D eigenvalue weighted by Gasteiger charge is 2.39. The Kier molecular flexibility index (Phi) is 4.74. The van der Waals surface area contributed by atoms with Crippen molar-refractivity contribution in [2.75, 3.05) is 6.26 Å². The van der Waals surface area contributed by atoms with Gasteiger partial charge in [0.2, 0.25) is 0 Å². The molecule has 0 bridgehead atoms. The average Bonchev–Trinajstić information content (AvgIpc) is 3.25. The molecule has 1 fully saturated rings. The van der Waals surface area contributed by atoms with Crippen LogP contribution in [0.3, 0.4) is 0 Å². The molecule has 3 heteroatoms. The van der Waals surface area contributed by atoms with Crippen molar-refractivity contribution in [1.29, 1.82) is 0 Å². The maximum absolute atomic E-state index is 11.4. The zero-order valence-corrected chi connectivity index (χ0v) is 14.0. The molecule has 2 aromatic carbocycles. The average molecular weight is 313 g/mol. The van der Waals surface area contributed by atoms with Gasteiger partial charge in [-0.1, -0.05) is 49.4 Å². The SMILES string of the molecule is C[C@@H]1C[C@@H]1[C@@H](NCc1ccc([S@](C)=O)cc1)c1ccccc1. The van der Waals surface area contributed by atoms with Crippen LogP contribution in [0.25, 0.3) is 0 Å². The topological polar surface area (TPSA) is 29.1 Å². The third kappa shape index (κ3) is 3.65. The number of rotatable bonds is 6. The van der Waals surface area contributed by atoms with Crippen molar-refractivity contribution in [2.45, 2.75) is 30.8 Å². The van der Waals surface area contributed by atoms with E-state index in [4.69, 9.17) is 0 Å². The second-order valence-electron chi connectivity index (χ2n) is 6.24. The van der Waals surface area contributed by atoms with Gasteiger partial charge in [0.15, 0.2) is 0 Å². The molecule has 0 saturated heterocycles. The van der Waals surface area contributed by atoms with Crippen LogP contribution in [0.15, 0.2) is 59.5 Å². The van der Waals surface area contributed by atoms with E-state index in [1.165, 1.54) is 17.5 Å². The maximum atomic E-state index is 11.4. The largest absolute Gasteiger partial charge is 0.306 e. The monoisotopic (exact) mass is 313 g/mol. The van der Waals surface area contributed by atoms with Crippen molar-refractivity contribution in [1.82, 2.24) is 5.32 Å². The Labute approximate surface area is 135 Å². The Bertz CT molecular complexity index is 638. The predicted octanol–water partition coefficient (Wildman–Crippen LogP) is 3.91. The Morgan fingerprint density at radius 1 is 1.14 bits per heavy atom. The fraction of sp³-hybridized carbons (Fsp3) is 0.368. The van der Waals surface area contributed by atoms with Gasteiger partial charge in [0.1, 0.15) is 0 Å². The van der Waals surface area contributed by atoms with E-state index in [1.807, 2.05) is 12.1 Å². The van der Waals surface area contributed by atoms with Gasteiger partial charge in [0, 0.05) is 34.5 Å². The highest BCUT2D eigenvalue weighted by Crippen LogP contribution is 2.47. The summed E-state index contributed by atoms with van der Waals surface area (Å²) < 4.78 is 11.4. The molecule has 0 spiro atoms. The molecule has 0 heterocycles. The van der Waals surface area contributed by atoms with E-state index in [0.29, 0.717) is 6.04 Å². The lowest BCUT2D eigenvalue weighted by molar-refractivity contribution is 0.461. The Balaban J connectivity index is 1.68. The van der Waals surface area contributed by atoms with E-state index in [1.54, 1.807) is 6.26 Å². The zero-order chi connectivity index (χ0) is 15.5. The molecule has 1 aliphatic rings. The first kappa shape index (κ1) is 15.4. The Morgan fingerprint density at radius 3 is 2.32 bits per heavy atom. The van der Waals surface area contributed by atoms with E-state index in [2.05, 4.69) is 54.7 Å². The summed E-state index contributed by atoms with van der Waals surface area (Å²) in [5.41, 5.74) is 2.62. The molecule has 1 aliphatic carbocycles. The summed E-state index contributed by atoms with van der Waals surface area (Å²) in [4.78, 5) is 0.888. The van der Waals surface area contributed by atoms with Crippen LogP contribution < -0.4 is 5.32 Å². The lowest BCUT2D eigenvalue weighted by Gasteiger charge is -2.19. The summed E-state index contributed by atoms with van der Waals surface area (Å²) in [6, 6.07) is 19.2. The normalized spacial score (nSPS) is 23.0. The zero-order valence-electron chi connectivity index (χ0n) is 13.2. The standard InChI is InChI=1S/C19H23NOS/c1-14-12-18(14)19(16-6-4-3-5-7-16)20-13-15-8-10-17(11-9-15)22(2)21/h3-11,14,18-20H,12-13H2,1-2H3/t14-,18+,19+,22+/m1/s1. The summed E-state index contributed by atoms with van der Waals surface area (Å²) in [7, 11) is -0.902. The van der Waals surface area contributed by atoms with Crippen LogP contribution in [0.2, 0.25) is 0 Å².